The molecule has 0 spiro atoms. The summed E-state index contributed by atoms with van der Waals surface area (Å²) >= 11 is 1.53. The van der Waals surface area contributed by atoms with Crippen LogP contribution in [0.15, 0.2) is 60.0 Å². The van der Waals surface area contributed by atoms with E-state index in [1.807, 2.05) is 36.4 Å². The fourth-order valence-corrected chi connectivity index (χ4v) is 4.94. The van der Waals surface area contributed by atoms with Crippen LogP contribution in [0.4, 0.5) is 10.5 Å². The fourth-order valence-electron chi connectivity index (χ4n) is 4.00. The molecule has 4 N–H and O–H groups in total. The van der Waals surface area contributed by atoms with Crippen molar-refractivity contribution in [2.45, 2.75) is 44.1 Å². The fraction of sp³-hybridized carbons (Fsp3) is 0.385. The first-order chi connectivity index (χ1) is 18.5. The molecule has 2 amide bonds. The van der Waals surface area contributed by atoms with Crippen molar-refractivity contribution in [1.82, 2.24) is 20.5 Å². The number of H-pyrrole nitrogens is 1. The zero-order chi connectivity index (χ0) is 26.9. The van der Waals surface area contributed by atoms with E-state index in [4.69, 9.17) is 14.2 Å². The van der Waals surface area contributed by atoms with Crippen LogP contribution in [-0.2, 0) is 25.6 Å². The minimum absolute atomic E-state index is 0.0230. The van der Waals surface area contributed by atoms with Crippen molar-refractivity contribution >= 4 is 29.4 Å². The Morgan fingerprint density at radius 2 is 1.84 bits per heavy atom. The van der Waals surface area contributed by atoms with Crippen molar-refractivity contribution in [3.8, 4) is 0 Å². The van der Waals surface area contributed by atoms with E-state index in [9.17, 15) is 14.7 Å². The number of rotatable bonds is 10. The lowest BCUT2D eigenvalue weighted by Gasteiger charge is -2.41. The summed E-state index contributed by atoms with van der Waals surface area (Å²) in [5, 5.41) is 22.0. The number of hydrogen-bond donors (Lipinski definition) is 4. The van der Waals surface area contributed by atoms with Gasteiger partial charge in [-0.15, -0.1) is 0 Å². The molecule has 1 aliphatic heterocycles. The number of hydrogen-bond acceptors (Lipinski definition) is 9. The van der Waals surface area contributed by atoms with Gasteiger partial charge in [0.05, 0.1) is 25.4 Å². The molecule has 0 bridgehead atoms. The summed E-state index contributed by atoms with van der Waals surface area (Å²) in [6.07, 6.45) is 0.435. The molecule has 1 fully saturated rings. The first-order valence-corrected chi connectivity index (χ1v) is 13.2. The predicted molar refractivity (Wildman–Crippen MR) is 140 cm³/mol. The van der Waals surface area contributed by atoms with E-state index in [0.29, 0.717) is 16.6 Å². The number of urea groups is 1. The van der Waals surface area contributed by atoms with Crippen LogP contribution in [0.3, 0.4) is 0 Å². The van der Waals surface area contributed by atoms with Gasteiger partial charge in [0, 0.05) is 22.9 Å². The van der Waals surface area contributed by atoms with Crippen LogP contribution in [0.1, 0.15) is 42.9 Å². The normalized spacial score (nSPS) is 21.0. The number of esters is 1. The summed E-state index contributed by atoms with van der Waals surface area (Å²) in [5.41, 5.74) is 3.17. The molecule has 1 saturated heterocycles. The van der Waals surface area contributed by atoms with Crippen molar-refractivity contribution in [1.29, 1.82) is 0 Å². The van der Waals surface area contributed by atoms with Crippen LogP contribution in [0.25, 0.3) is 0 Å². The summed E-state index contributed by atoms with van der Waals surface area (Å²) in [4.78, 5) is 27.7. The molecule has 2 aromatic carbocycles. The topological polar surface area (TPSA) is 148 Å². The van der Waals surface area contributed by atoms with Crippen molar-refractivity contribution < 1.29 is 28.9 Å². The predicted octanol–water partition coefficient (Wildman–Crippen LogP) is 3.57. The van der Waals surface area contributed by atoms with E-state index in [0.717, 1.165) is 16.7 Å². The van der Waals surface area contributed by atoms with Crippen molar-refractivity contribution in [3.05, 3.63) is 71.5 Å². The maximum absolute atomic E-state index is 12.1. The quantitative estimate of drug-likeness (QED) is 0.223. The number of aromatic amines is 1. The number of thioether (sulfide) groups is 1. The molecule has 38 heavy (non-hydrogen) atoms. The Balaban J connectivity index is 1.45. The van der Waals surface area contributed by atoms with Gasteiger partial charge in [0.15, 0.2) is 11.4 Å². The number of aliphatic hydroxyl groups excluding tert-OH is 1. The third kappa shape index (κ3) is 7.32. The van der Waals surface area contributed by atoms with E-state index in [1.54, 1.807) is 19.1 Å². The largest absolute Gasteiger partial charge is 0.465 e. The van der Waals surface area contributed by atoms with Crippen molar-refractivity contribution in [2.24, 2.45) is 5.92 Å². The van der Waals surface area contributed by atoms with Crippen molar-refractivity contribution in [3.63, 3.8) is 0 Å². The molecule has 12 heteroatoms. The number of ether oxygens (including phenoxy) is 3. The minimum atomic E-state index is -0.638. The van der Waals surface area contributed by atoms with Gasteiger partial charge in [0.2, 0.25) is 0 Å². The molecule has 0 radical (unpaired) electrons. The van der Waals surface area contributed by atoms with Gasteiger partial charge in [-0.25, -0.2) is 9.78 Å². The molecule has 4 rings (SSSR count). The zero-order valence-corrected chi connectivity index (χ0v) is 21.9. The van der Waals surface area contributed by atoms with Crippen LogP contribution >= 0.6 is 11.8 Å². The molecule has 4 atom stereocenters. The number of nitrogens with one attached hydrogen (secondary N) is 3. The lowest BCUT2D eigenvalue weighted by molar-refractivity contribution is -0.268. The average molecular weight is 542 g/mol. The SMILES string of the molecule is CCOC(=O)CNC(=O)Nc1ccc([C@H]2O[C@@H](CSc3ncn[nH]3)[C@@H](C)[C@@H](c3ccc(CO)cc3)O2)cc1. The van der Waals surface area contributed by atoms with Crippen LogP contribution in [-0.4, -0.2) is 57.3 Å². The monoisotopic (exact) mass is 541 g/mol. The highest BCUT2D eigenvalue weighted by Gasteiger charge is 2.38. The molecule has 202 valence electrons. The number of nitrogens with zero attached hydrogens (tertiary/aromatic N) is 2. The van der Waals surface area contributed by atoms with E-state index in [-0.39, 0.29) is 37.9 Å². The van der Waals surface area contributed by atoms with Crippen LogP contribution < -0.4 is 10.6 Å². The van der Waals surface area contributed by atoms with Crippen LogP contribution in [0, 0.1) is 5.92 Å². The number of aliphatic hydroxyl groups is 1. The number of aromatic nitrogens is 3. The number of carbonyl (C=O) groups is 2. The molecule has 0 unspecified atom stereocenters. The Bertz CT molecular complexity index is 1180. The van der Waals surface area contributed by atoms with Gasteiger partial charge >= 0.3 is 12.0 Å². The molecule has 0 aliphatic carbocycles. The first-order valence-electron chi connectivity index (χ1n) is 12.3. The highest BCUT2D eigenvalue weighted by Crippen LogP contribution is 2.42. The molecule has 1 aromatic heterocycles. The number of amides is 2. The molecule has 1 aliphatic rings. The van der Waals surface area contributed by atoms with Gasteiger partial charge in [0.25, 0.3) is 0 Å². The average Bonchev–Trinajstić information content (AvgIpc) is 3.46. The Morgan fingerprint density at radius 1 is 1.11 bits per heavy atom. The van der Waals surface area contributed by atoms with E-state index in [2.05, 4.69) is 32.7 Å². The number of anilines is 1. The van der Waals surface area contributed by atoms with Gasteiger partial charge in [-0.05, 0) is 30.2 Å². The van der Waals surface area contributed by atoms with Crippen LogP contribution in [0.2, 0.25) is 0 Å². The Hall–Kier alpha value is -3.45. The molecular weight excluding hydrogens is 510 g/mol. The summed E-state index contributed by atoms with van der Waals surface area (Å²) in [5.74, 6) is 0.169. The minimum Gasteiger partial charge on any atom is -0.465 e. The summed E-state index contributed by atoms with van der Waals surface area (Å²) in [6, 6.07) is 14.3. The molecule has 3 aromatic rings. The summed E-state index contributed by atoms with van der Waals surface area (Å²) in [6.45, 7) is 3.81. The highest BCUT2D eigenvalue weighted by molar-refractivity contribution is 7.99. The third-order valence-electron chi connectivity index (χ3n) is 6.04. The Morgan fingerprint density at radius 3 is 2.50 bits per heavy atom. The first kappa shape index (κ1) is 27.6. The summed E-state index contributed by atoms with van der Waals surface area (Å²) < 4.78 is 17.6. The Kier molecular flexibility index (Phi) is 9.71. The third-order valence-corrected chi connectivity index (χ3v) is 7.01. The maximum Gasteiger partial charge on any atom is 0.325 e. The molecular formula is C26H31N5O6S. The number of carbonyl (C=O) groups excluding carboxylic acids is 2. The van der Waals surface area contributed by atoms with E-state index in [1.165, 1.54) is 18.1 Å². The van der Waals surface area contributed by atoms with E-state index < -0.39 is 18.3 Å². The Labute approximate surface area is 224 Å². The lowest BCUT2D eigenvalue weighted by atomic mass is 9.91. The molecule has 2 heterocycles. The van der Waals surface area contributed by atoms with Gasteiger partial charge in [0.1, 0.15) is 12.9 Å². The second-order valence-corrected chi connectivity index (χ2v) is 9.67. The van der Waals surface area contributed by atoms with Gasteiger partial charge < -0.3 is 30.0 Å². The van der Waals surface area contributed by atoms with Crippen LogP contribution in [0.5, 0.6) is 0 Å². The molecule has 11 nitrogen and oxygen atoms in total. The number of benzene rings is 2. The highest BCUT2D eigenvalue weighted by atomic mass is 32.2. The summed E-state index contributed by atoms with van der Waals surface area (Å²) in [7, 11) is 0. The van der Waals surface area contributed by atoms with Crippen molar-refractivity contribution in [2.75, 3.05) is 24.2 Å². The van der Waals surface area contributed by atoms with E-state index >= 15 is 0 Å². The maximum atomic E-state index is 12.1. The standard InChI is InChI=1S/C26H31N5O6S/c1-3-35-22(33)12-27-25(34)30-20-10-8-19(9-11-20)24-36-21(14-38-26-28-15-29-31-26)16(2)23(37-24)18-6-4-17(13-32)5-7-18/h4-11,15-16,21,23-24,32H,3,12-14H2,1-2H3,(H2,27,30,34)(H,28,29,31)/t16-,21+,23+,24+/m1/s1. The molecule has 0 saturated carbocycles. The second-order valence-electron chi connectivity index (χ2n) is 8.66. The second kappa shape index (κ2) is 13.4. The lowest BCUT2D eigenvalue weighted by Crippen LogP contribution is -2.38. The zero-order valence-electron chi connectivity index (χ0n) is 21.1. The van der Waals surface area contributed by atoms with Gasteiger partial charge in [-0.1, -0.05) is 55.1 Å². The van der Waals surface area contributed by atoms with Gasteiger partial charge in [-0.3, -0.25) is 9.89 Å². The van der Waals surface area contributed by atoms with Gasteiger partial charge in [-0.2, -0.15) is 5.10 Å². The smallest absolute Gasteiger partial charge is 0.325 e.